The van der Waals surface area contributed by atoms with Crippen LogP contribution in [-0.2, 0) is 6.18 Å². The van der Waals surface area contributed by atoms with E-state index < -0.39 is 11.7 Å². The molecule has 9 rings (SSSR count). The minimum atomic E-state index is -4.50. The number of alkyl halides is 3. The third-order valence-corrected chi connectivity index (χ3v) is 9.41. The normalized spacial score (nSPS) is 11.9. The fraction of sp³-hybridized carbons (Fsp3) is 0.0227. The highest BCUT2D eigenvalue weighted by molar-refractivity contribution is 6.22. The molecule has 0 aliphatic rings. The fourth-order valence-electron chi connectivity index (χ4n) is 7.02. The third-order valence-electron chi connectivity index (χ3n) is 9.41. The number of nitrogens with zero attached hydrogens (tertiary/aromatic N) is 3. The average molecular weight is 654 g/mol. The fourth-order valence-corrected chi connectivity index (χ4v) is 7.02. The first-order valence-corrected chi connectivity index (χ1v) is 16.2. The highest BCUT2D eigenvalue weighted by Gasteiger charge is 2.31. The van der Waals surface area contributed by atoms with Crippen LogP contribution < -0.4 is 0 Å². The molecule has 7 aromatic carbocycles. The Labute approximate surface area is 285 Å². The number of hydrogen-bond donors (Lipinski definition) is 0. The molecular formula is C44H26F3N3. The maximum Gasteiger partial charge on any atom is 0.416 e. The van der Waals surface area contributed by atoms with E-state index in [4.69, 9.17) is 0 Å². The molecule has 0 amide bonds. The van der Waals surface area contributed by atoms with Crippen LogP contribution in [0.5, 0.6) is 0 Å². The lowest BCUT2D eigenvalue weighted by Gasteiger charge is -2.20. The lowest BCUT2D eigenvalue weighted by molar-refractivity contribution is -0.137. The Hall–Kier alpha value is -6.40. The summed E-state index contributed by atoms with van der Waals surface area (Å²) in [7, 11) is 0. The van der Waals surface area contributed by atoms with Gasteiger partial charge in [-0.05, 0) is 113 Å². The molecule has 0 atom stereocenters. The Morgan fingerprint density at radius 3 is 1.52 bits per heavy atom. The number of rotatable bonds is 4. The summed E-state index contributed by atoms with van der Waals surface area (Å²) in [5.41, 5.74) is 5.23. The summed E-state index contributed by atoms with van der Waals surface area (Å²) < 4.78 is 43.0. The van der Waals surface area contributed by atoms with Gasteiger partial charge in [-0.15, -0.1) is 0 Å². The first-order chi connectivity index (χ1) is 24.4. The Kier molecular flexibility index (Phi) is 6.92. The van der Waals surface area contributed by atoms with Crippen molar-refractivity contribution in [3.63, 3.8) is 0 Å². The highest BCUT2D eigenvalue weighted by atomic mass is 19.4. The molecule has 3 nitrogen and oxygen atoms in total. The Bertz CT molecular complexity index is 2740. The lowest BCUT2D eigenvalue weighted by Crippen LogP contribution is -2.05. The molecule has 0 radical (unpaired) electrons. The SMILES string of the molecule is FC(F)(F)c1ccc2c(-c3ccc4ccccc4c3)c3cc(-c4ccc(-c5ncccn5)nc4)ccc3c(-c3ccc4ccccc4c3)c2c1. The van der Waals surface area contributed by atoms with Crippen molar-refractivity contribution in [2.45, 2.75) is 6.18 Å². The number of pyridine rings is 1. The van der Waals surface area contributed by atoms with Crippen molar-refractivity contribution in [2.75, 3.05) is 0 Å². The molecule has 0 saturated heterocycles. The lowest BCUT2D eigenvalue weighted by atomic mass is 9.83. The average Bonchev–Trinajstić information content (AvgIpc) is 3.16. The molecule has 2 heterocycles. The maximum absolute atomic E-state index is 14.3. The Morgan fingerprint density at radius 2 is 0.940 bits per heavy atom. The van der Waals surface area contributed by atoms with Crippen molar-refractivity contribution in [3.05, 3.63) is 164 Å². The van der Waals surface area contributed by atoms with Gasteiger partial charge in [0.25, 0.3) is 0 Å². The highest BCUT2D eigenvalue weighted by Crippen LogP contribution is 2.47. The van der Waals surface area contributed by atoms with Crippen molar-refractivity contribution in [2.24, 2.45) is 0 Å². The molecular weight excluding hydrogens is 627 g/mol. The van der Waals surface area contributed by atoms with Gasteiger partial charge in [0.15, 0.2) is 5.82 Å². The first kappa shape index (κ1) is 29.7. The van der Waals surface area contributed by atoms with Gasteiger partial charge < -0.3 is 0 Å². The van der Waals surface area contributed by atoms with E-state index in [2.05, 4.69) is 57.4 Å². The monoisotopic (exact) mass is 653 g/mol. The Morgan fingerprint density at radius 1 is 0.400 bits per heavy atom. The third kappa shape index (κ3) is 5.13. The van der Waals surface area contributed by atoms with Crippen molar-refractivity contribution < 1.29 is 13.2 Å². The number of aromatic nitrogens is 3. The molecule has 0 unspecified atom stereocenters. The van der Waals surface area contributed by atoms with Crippen LogP contribution in [0.1, 0.15) is 5.56 Å². The molecule has 2 aromatic heterocycles. The summed E-state index contributed by atoms with van der Waals surface area (Å²) in [5, 5.41) is 7.31. The van der Waals surface area contributed by atoms with Gasteiger partial charge >= 0.3 is 6.18 Å². The minimum absolute atomic E-state index is 0.542. The molecule has 0 bridgehead atoms. The summed E-state index contributed by atoms with van der Waals surface area (Å²) in [6, 6.07) is 44.5. The maximum atomic E-state index is 14.3. The topological polar surface area (TPSA) is 38.7 Å². The van der Waals surface area contributed by atoms with Crippen LogP contribution in [0, 0.1) is 0 Å². The second-order valence-electron chi connectivity index (χ2n) is 12.4. The van der Waals surface area contributed by atoms with E-state index in [1.807, 2.05) is 79.0 Å². The molecule has 238 valence electrons. The van der Waals surface area contributed by atoms with E-state index in [9.17, 15) is 13.2 Å². The van der Waals surface area contributed by atoms with Crippen LogP contribution in [0.3, 0.4) is 0 Å². The molecule has 0 saturated carbocycles. The van der Waals surface area contributed by atoms with Crippen LogP contribution >= 0.6 is 0 Å². The van der Waals surface area contributed by atoms with E-state index in [1.54, 1.807) is 24.5 Å². The number of halogens is 3. The van der Waals surface area contributed by atoms with Crippen LogP contribution in [-0.4, -0.2) is 15.0 Å². The van der Waals surface area contributed by atoms with E-state index in [0.717, 1.165) is 71.1 Å². The van der Waals surface area contributed by atoms with Crippen LogP contribution in [0.4, 0.5) is 13.2 Å². The molecule has 0 N–H and O–H groups in total. The summed E-state index contributed by atoms with van der Waals surface area (Å²) in [4.78, 5) is 13.3. The zero-order valence-corrected chi connectivity index (χ0v) is 26.5. The molecule has 50 heavy (non-hydrogen) atoms. The molecule has 0 aliphatic heterocycles. The zero-order chi connectivity index (χ0) is 33.8. The second kappa shape index (κ2) is 11.6. The first-order valence-electron chi connectivity index (χ1n) is 16.2. The van der Waals surface area contributed by atoms with Gasteiger partial charge in [-0.1, -0.05) is 97.1 Å². The van der Waals surface area contributed by atoms with Gasteiger partial charge in [0.1, 0.15) is 5.69 Å². The zero-order valence-electron chi connectivity index (χ0n) is 26.5. The summed E-state index contributed by atoms with van der Waals surface area (Å²) in [5.74, 6) is 0.542. The van der Waals surface area contributed by atoms with E-state index >= 15 is 0 Å². The van der Waals surface area contributed by atoms with E-state index in [1.165, 1.54) is 12.1 Å². The standard InChI is InChI=1S/C44H26F3N3/c45-44(46,47)35-16-18-37-39(25-35)42(33-13-11-28-7-2-4-9-30(28)23-33)36-17-14-31(34-15-19-40(50-26-34)43-48-20-5-21-49-43)24-38(36)41(37)32-12-10-27-6-1-3-8-29(27)22-32/h1-26H. The molecule has 0 spiro atoms. The van der Waals surface area contributed by atoms with Gasteiger partial charge in [0.2, 0.25) is 0 Å². The summed E-state index contributed by atoms with van der Waals surface area (Å²) >= 11 is 0. The second-order valence-corrected chi connectivity index (χ2v) is 12.4. The number of benzene rings is 7. The van der Waals surface area contributed by atoms with Crippen molar-refractivity contribution in [3.8, 4) is 44.9 Å². The van der Waals surface area contributed by atoms with E-state index in [0.29, 0.717) is 16.9 Å². The van der Waals surface area contributed by atoms with Crippen LogP contribution in [0.15, 0.2) is 158 Å². The molecule has 0 fully saturated rings. The van der Waals surface area contributed by atoms with Crippen molar-refractivity contribution in [1.29, 1.82) is 0 Å². The quantitative estimate of drug-likeness (QED) is 0.177. The molecule has 0 aliphatic carbocycles. The van der Waals surface area contributed by atoms with Gasteiger partial charge in [-0.2, -0.15) is 13.2 Å². The van der Waals surface area contributed by atoms with E-state index in [-0.39, 0.29) is 0 Å². The molecule has 6 heteroatoms. The summed E-state index contributed by atoms with van der Waals surface area (Å²) in [6.45, 7) is 0. The van der Waals surface area contributed by atoms with Crippen LogP contribution in [0.2, 0.25) is 0 Å². The van der Waals surface area contributed by atoms with Gasteiger partial charge in [-0.3, -0.25) is 4.98 Å². The van der Waals surface area contributed by atoms with Gasteiger partial charge in [-0.25, -0.2) is 9.97 Å². The Balaban J connectivity index is 1.36. The minimum Gasteiger partial charge on any atom is -0.252 e. The van der Waals surface area contributed by atoms with Gasteiger partial charge in [0, 0.05) is 24.2 Å². The predicted octanol–water partition coefficient (Wildman–Crippen LogP) is 12.2. The smallest absolute Gasteiger partial charge is 0.252 e. The number of hydrogen-bond acceptors (Lipinski definition) is 3. The summed E-state index contributed by atoms with van der Waals surface area (Å²) in [6.07, 6.45) is 0.680. The van der Waals surface area contributed by atoms with Crippen LogP contribution in [0.25, 0.3) is 88.0 Å². The van der Waals surface area contributed by atoms with Crippen molar-refractivity contribution in [1.82, 2.24) is 15.0 Å². The van der Waals surface area contributed by atoms with Gasteiger partial charge in [0.05, 0.1) is 5.56 Å². The molecule has 9 aromatic rings. The predicted molar refractivity (Wildman–Crippen MR) is 197 cm³/mol. The van der Waals surface area contributed by atoms with Crippen molar-refractivity contribution >= 4 is 43.1 Å². The largest absolute Gasteiger partial charge is 0.416 e. The number of fused-ring (bicyclic) bond motifs is 4.